The minimum Gasteiger partial charge on any atom is -0.496 e. The van der Waals surface area contributed by atoms with Crippen LogP contribution in [0.2, 0.25) is 8.67 Å². The number of amides is 2. The van der Waals surface area contributed by atoms with Gasteiger partial charge >= 0.3 is 0 Å². The number of hydrogen-bond acceptors (Lipinski definition) is 4. The van der Waals surface area contributed by atoms with Crippen molar-refractivity contribution in [1.29, 1.82) is 0 Å². The van der Waals surface area contributed by atoms with E-state index in [1.165, 1.54) is 11.3 Å². The zero-order valence-corrected chi connectivity index (χ0v) is 16.7. The molecular formula is C18H18Cl2N2O3S. The fourth-order valence-corrected chi connectivity index (χ4v) is 4.35. The third-order valence-electron chi connectivity index (χ3n) is 4.40. The highest BCUT2D eigenvalue weighted by Gasteiger charge is 2.27. The molecule has 1 fully saturated rings. The number of carbonyl (C=O) groups is 2. The van der Waals surface area contributed by atoms with Crippen molar-refractivity contribution < 1.29 is 14.3 Å². The van der Waals surface area contributed by atoms with E-state index >= 15 is 0 Å². The average Bonchev–Trinajstić information content (AvgIpc) is 2.99. The Morgan fingerprint density at radius 1 is 1.04 bits per heavy atom. The molecule has 0 spiro atoms. The van der Waals surface area contributed by atoms with Gasteiger partial charge in [0.05, 0.1) is 17.0 Å². The Labute approximate surface area is 166 Å². The molecule has 0 atom stereocenters. The molecule has 5 nitrogen and oxygen atoms in total. The quantitative estimate of drug-likeness (QED) is 0.765. The predicted octanol–water partition coefficient (Wildman–Crippen LogP) is 3.97. The van der Waals surface area contributed by atoms with Crippen molar-refractivity contribution in [2.45, 2.75) is 6.92 Å². The second kappa shape index (κ2) is 7.86. The lowest BCUT2D eigenvalue weighted by atomic mass is 10.1. The molecule has 0 radical (unpaired) electrons. The fraction of sp³-hybridized carbons (Fsp3) is 0.333. The van der Waals surface area contributed by atoms with Crippen LogP contribution in [0.4, 0.5) is 0 Å². The fourth-order valence-electron chi connectivity index (χ4n) is 2.90. The molecule has 2 aromatic rings. The summed E-state index contributed by atoms with van der Waals surface area (Å²) in [6.07, 6.45) is 0. The molecule has 0 unspecified atom stereocenters. The second-order valence-electron chi connectivity index (χ2n) is 6.01. The number of nitrogens with zero attached hydrogens (tertiary/aromatic N) is 2. The number of ether oxygens (including phenoxy) is 1. The number of carbonyl (C=O) groups excluding carboxylic acids is 2. The number of piperazine rings is 1. The standard InChI is InChI=1S/C18H18Cl2N2O3S/c1-11-3-4-12(9-14(11)25-2)17(23)21-5-7-22(8-6-21)18(24)13-10-15(19)26-16(13)20/h3-4,9-10H,5-8H2,1-2H3. The highest BCUT2D eigenvalue weighted by Crippen LogP contribution is 2.32. The van der Waals surface area contributed by atoms with E-state index in [0.717, 1.165) is 5.56 Å². The van der Waals surface area contributed by atoms with Gasteiger partial charge in [-0.3, -0.25) is 9.59 Å². The maximum atomic E-state index is 12.7. The van der Waals surface area contributed by atoms with Crippen molar-refractivity contribution in [3.05, 3.63) is 49.6 Å². The largest absolute Gasteiger partial charge is 0.496 e. The van der Waals surface area contributed by atoms with Crippen LogP contribution in [-0.4, -0.2) is 54.9 Å². The van der Waals surface area contributed by atoms with Gasteiger partial charge in [0, 0.05) is 31.7 Å². The van der Waals surface area contributed by atoms with Gasteiger partial charge in [-0.15, -0.1) is 11.3 Å². The number of thiophene rings is 1. The molecule has 1 saturated heterocycles. The van der Waals surface area contributed by atoms with Crippen LogP contribution in [-0.2, 0) is 0 Å². The van der Waals surface area contributed by atoms with Crippen LogP contribution in [0.5, 0.6) is 5.75 Å². The van der Waals surface area contributed by atoms with Crippen molar-refractivity contribution in [1.82, 2.24) is 9.80 Å². The molecule has 2 amide bonds. The minimum atomic E-state index is -0.151. The maximum Gasteiger partial charge on any atom is 0.256 e. The SMILES string of the molecule is COc1cc(C(=O)N2CCN(C(=O)c3cc(Cl)sc3Cl)CC2)ccc1C. The Morgan fingerprint density at radius 2 is 1.65 bits per heavy atom. The summed E-state index contributed by atoms with van der Waals surface area (Å²) in [7, 11) is 1.59. The lowest BCUT2D eigenvalue weighted by molar-refractivity contribution is 0.0535. The predicted molar refractivity (Wildman–Crippen MR) is 104 cm³/mol. The van der Waals surface area contributed by atoms with E-state index in [-0.39, 0.29) is 11.8 Å². The van der Waals surface area contributed by atoms with E-state index < -0.39 is 0 Å². The van der Waals surface area contributed by atoms with Gasteiger partial charge in [0.1, 0.15) is 10.1 Å². The molecule has 0 bridgehead atoms. The minimum absolute atomic E-state index is 0.0630. The second-order valence-corrected chi connectivity index (χ2v) is 8.29. The molecule has 0 N–H and O–H groups in total. The molecule has 138 valence electrons. The van der Waals surface area contributed by atoms with E-state index in [1.807, 2.05) is 13.0 Å². The Morgan fingerprint density at radius 3 is 2.19 bits per heavy atom. The van der Waals surface area contributed by atoms with E-state index in [4.69, 9.17) is 27.9 Å². The first-order chi connectivity index (χ1) is 12.4. The van der Waals surface area contributed by atoms with Crippen molar-refractivity contribution >= 4 is 46.4 Å². The molecule has 1 aromatic heterocycles. The molecular weight excluding hydrogens is 395 g/mol. The summed E-state index contributed by atoms with van der Waals surface area (Å²) in [6, 6.07) is 7.01. The molecule has 1 aliphatic heterocycles. The third kappa shape index (κ3) is 3.82. The molecule has 0 aliphatic carbocycles. The van der Waals surface area contributed by atoms with Gasteiger partial charge in [0.2, 0.25) is 0 Å². The van der Waals surface area contributed by atoms with Crippen LogP contribution in [0.25, 0.3) is 0 Å². The summed E-state index contributed by atoms with van der Waals surface area (Å²) in [5, 5.41) is 0. The summed E-state index contributed by atoms with van der Waals surface area (Å²) in [4.78, 5) is 28.7. The first-order valence-corrected chi connectivity index (χ1v) is 9.66. The number of aryl methyl sites for hydroxylation is 1. The van der Waals surface area contributed by atoms with Crippen LogP contribution < -0.4 is 4.74 Å². The number of rotatable bonds is 3. The monoisotopic (exact) mass is 412 g/mol. The smallest absolute Gasteiger partial charge is 0.256 e. The summed E-state index contributed by atoms with van der Waals surface area (Å²) < 4.78 is 6.17. The van der Waals surface area contributed by atoms with Gasteiger partial charge in [0.25, 0.3) is 11.8 Å². The summed E-state index contributed by atoms with van der Waals surface area (Å²) in [5.41, 5.74) is 1.98. The molecule has 1 aliphatic rings. The van der Waals surface area contributed by atoms with Crippen LogP contribution in [0, 0.1) is 6.92 Å². The van der Waals surface area contributed by atoms with Crippen LogP contribution in [0.1, 0.15) is 26.3 Å². The topological polar surface area (TPSA) is 49.9 Å². The highest BCUT2D eigenvalue weighted by molar-refractivity contribution is 7.20. The number of halogens is 2. The first kappa shape index (κ1) is 19.0. The molecule has 26 heavy (non-hydrogen) atoms. The van der Waals surface area contributed by atoms with Gasteiger partial charge in [-0.25, -0.2) is 0 Å². The Bertz CT molecular complexity index is 845. The summed E-state index contributed by atoms with van der Waals surface area (Å²) in [5.74, 6) is 0.475. The van der Waals surface area contributed by atoms with Crippen LogP contribution in [0.15, 0.2) is 24.3 Å². The Balaban J connectivity index is 1.65. The van der Waals surface area contributed by atoms with Crippen molar-refractivity contribution in [3.63, 3.8) is 0 Å². The number of benzene rings is 1. The van der Waals surface area contributed by atoms with Gasteiger partial charge < -0.3 is 14.5 Å². The van der Waals surface area contributed by atoms with Crippen molar-refractivity contribution in [2.75, 3.05) is 33.3 Å². The van der Waals surface area contributed by atoms with E-state index in [9.17, 15) is 9.59 Å². The van der Waals surface area contributed by atoms with Gasteiger partial charge in [-0.2, -0.15) is 0 Å². The third-order valence-corrected chi connectivity index (χ3v) is 5.88. The highest BCUT2D eigenvalue weighted by atomic mass is 35.5. The molecule has 2 heterocycles. The molecule has 3 rings (SSSR count). The number of hydrogen-bond donors (Lipinski definition) is 0. The van der Waals surface area contributed by atoms with Gasteiger partial charge in [-0.1, -0.05) is 29.3 Å². The maximum absolute atomic E-state index is 12.7. The average molecular weight is 413 g/mol. The van der Waals surface area contributed by atoms with E-state index in [1.54, 1.807) is 35.1 Å². The van der Waals surface area contributed by atoms with E-state index in [0.29, 0.717) is 51.7 Å². The van der Waals surface area contributed by atoms with E-state index in [2.05, 4.69) is 0 Å². The normalized spacial score (nSPS) is 14.5. The molecule has 1 aromatic carbocycles. The van der Waals surface area contributed by atoms with Crippen molar-refractivity contribution in [3.8, 4) is 5.75 Å². The Hall–Kier alpha value is -1.76. The molecule has 8 heteroatoms. The first-order valence-electron chi connectivity index (χ1n) is 8.08. The van der Waals surface area contributed by atoms with Gasteiger partial charge in [0.15, 0.2) is 0 Å². The lowest BCUT2D eigenvalue weighted by Crippen LogP contribution is -2.50. The summed E-state index contributed by atoms with van der Waals surface area (Å²) in [6.45, 7) is 3.78. The zero-order chi connectivity index (χ0) is 18.8. The van der Waals surface area contributed by atoms with Crippen molar-refractivity contribution in [2.24, 2.45) is 0 Å². The van der Waals surface area contributed by atoms with Gasteiger partial charge in [-0.05, 0) is 30.7 Å². The Kier molecular flexibility index (Phi) is 5.75. The molecule has 0 saturated carbocycles. The summed E-state index contributed by atoms with van der Waals surface area (Å²) >= 11 is 13.2. The van der Waals surface area contributed by atoms with Crippen LogP contribution in [0.3, 0.4) is 0 Å². The van der Waals surface area contributed by atoms with Crippen LogP contribution >= 0.6 is 34.5 Å². The number of methoxy groups -OCH3 is 1. The lowest BCUT2D eigenvalue weighted by Gasteiger charge is -2.34. The zero-order valence-electron chi connectivity index (χ0n) is 14.4.